The number of anilines is 2. The maximum Gasteiger partial charge on any atom is 0.300 e. The van der Waals surface area contributed by atoms with Gasteiger partial charge in [0, 0.05) is 35.5 Å². The van der Waals surface area contributed by atoms with Gasteiger partial charge in [-0.2, -0.15) is 0 Å². The molecule has 1 amide bonds. The molecular weight excluding hydrogens is 480 g/mol. The average Bonchev–Trinajstić information content (AvgIpc) is 3.06. The number of carbonyl (C=O) groups is 2. The molecule has 0 spiro atoms. The van der Waals surface area contributed by atoms with Crippen molar-refractivity contribution in [3.63, 3.8) is 0 Å². The summed E-state index contributed by atoms with van der Waals surface area (Å²) in [5, 5.41) is 11.3. The lowest BCUT2D eigenvalue weighted by Crippen LogP contribution is -2.29. The zero-order valence-corrected chi connectivity index (χ0v) is 20.6. The lowest BCUT2D eigenvalue weighted by Gasteiger charge is -2.27. The number of Topliss-reactive ketones (excluding diaryl/α,β-unsaturated/α-hetero) is 1. The van der Waals surface area contributed by atoms with Crippen molar-refractivity contribution in [1.29, 1.82) is 0 Å². The highest BCUT2D eigenvalue weighted by atomic mass is 79.9. The van der Waals surface area contributed by atoms with Crippen LogP contribution in [0.2, 0.25) is 0 Å². The first-order chi connectivity index (χ1) is 15.7. The van der Waals surface area contributed by atoms with Crippen LogP contribution < -0.4 is 9.80 Å². The maximum absolute atomic E-state index is 13.3. The van der Waals surface area contributed by atoms with Crippen molar-refractivity contribution >= 4 is 44.8 Å². The first-order valence-corrected chi connectivity index (χ1v) is 11.4. The van der Waals surface area contributed by atoms with Gasteiger partial charge in [-0.05, 0) is 66.9 Å². The van der Waals surface area contributed by atoms with Gasteiger partial charge in [0.25, 0.3) is 11.7 Å². The second kappa shape index (κ2) is 8.87. The molecule has 1 atom stereocenters. The summed E-state index contributed by atoms with van der Waals surface area (Å²) in [5.74, 6) is -1.53. The average molecular weight is 505 g/mol. The third-order valence-corrected chi connectivity index (χ3v) is 6.89. The molecule has 168 valence electrons. The fourth-order valence-electron chi connectivity index (χ4n) is 4.15. The lowest BCUT2D eigenvalue weighted by atomic mass is 9.92. The lowest BCUT2D eigenvalue weighted by molar-refractivity contribution is -0.132. The number of aryl methyl sites for hydroxylation is 2. The minimum atomic E-state index is -0.736. The molecule has 0 aromatic heterocycles. The summed E-state index contributed by atoms with van der Waals surface area (Å²) in [6.07, 6.45) is 0. The number of halogens is 1. The summed E-state index contributed by atoms with van der Waals surface area (Å²) in [4.78, 5) is 30.1. The van der Waals surface area contributed by atoms with Crippen LogP contribution in [0.15, 0.2) is 76.8 Å². The second-order valence-electron chi connectivity index (χ2n) is 8.40. The largest absolute Gasteiger partial charge is 0.507 e. The molecule has 5 nitrogen and oxygen atoms in total. The van der Waals surface area contributed by atoms with Gasteiger partial charge in [0.15, 0.2) is 0 Å². The summed E-state index contributed by atoms with van der Waals surface area (Å²) in [6, 6.07) is 19.7. The van der Waals surface area contributed by atoms with Gasteiger partial charge in [0.2, 0.25) is 0 Å². The van der Waals surface area contributed by atoms with Crippen LogP contribution in [0.25, 0.3) is 5.76 Å². The van der Waals surface area contributed by atoms with E-state index in [9.17, 15) is 14.7 Å². The number of ketones is 1. The Morgan fingerprint density at radius 2 is 1.61 bits per heavy atom. The molecule has 0 saturated carbocycles. The van der Waals surface area contributed by atoms with Crippen LogP contribution in [-0.2, 0) is 9.59 Å². The standard InChI is InChI=1S/C27H25BrN2O3/c1-16-7-5-6-8-21(16)24-23(25(31)18-9-14-22(28)17(2)15-18)26(32)27(33)30(24)20-12-10-19(11-13-20)29(3)4/h5-15,24,31H,1-4H3/b25-23+. The van der Waals surface area contributed by atoms with Crippen LogP contribution >= 0.6 is 15.9 Å². The smallest absolute Gasteiger partial charge is 0.300 e. The van der Waals surface area contributed by atoms with Crippen LogP contribution in [0.4, 0.5) is 11.4 Å². The number of hydrogen-bond donors (Lipinski definition) is 1. The van der Waals surface area contributed by atoms with Crippen LogP contribution in [-0.4, -0.2) is 30.9 Å². The summed E-state index contributed by atoms with van der Waals surface area (Å²) in [7, 11) is 3.88. The Bertz CT molecular complexity index is 1280. The van der Waals surface area contributed by atoms with Crippen molar-refractivity contribution in [1.82, 2.24) is 0 Å². The normalized spacial score (nSPS) is 17.5. The van der Waals surface area contributed by atoms with Crippen LogP contribution in [0.1, 0.15) is 28.3 Å². The highest BCUT2D eigenvalue weighted by Crippen LogP contribution is 2.43. The van der Waals surface area contributed by atoms with Crippen molar-refractivity contribution in [2.45, 2.75) is 19.9 Å². The monoisotopic (exact) mass is 504 g/mol. The van der Waals surface area contributed by atoms with Crippen molar-refractivity contribution in [3.8, 4) is 0 Å². The molecule has 1 aliphatic rings. The van der Waals surface area contributed by atoms with Gasteiger partial charge in [0.05, 0.1) is 11.6 Å². The first-order valence-electron chi connectivity index (χ1n) is 10.6. The van der Waals surface area contributed by atoms with Crippen molar-refractivity contribution in [2.24, 2.45) is 0 Å². The van der Waals surface area contributed by atoms with Gasteiger partial charge in [-0.15, -0.1) is 0 Å². The number of amides is 1. The fourth-order valence-corrected chi connectivity index (χ4v) is 4.39. The molecule has 1 N–H and O–H groups in total. The third kappa shape index (κ3) is 4.07. The summed E-state index contributed by atoms with van der Waals surface area (Å²) >= 11 is 3.47. The molecule has 1 unspecified atom stereocenters. The quantitative estimate of drug-likeness (QED) is 0.278. The van der Waals surface area contributed by atoms with Gasteiger partial charge in [-0.1, -0.05) is 46.3 Å². The Morgan fingerprint density at radius 1 is 0.939 bits per heavy atom. The molecule has 0 radical (unpaired) electrons. The predicted molar refractivity (Wildman–Crippen MR) is 136 cm³/mol. The van der Waals surface area contributed by atoms with E-state index >= 15 is 0 Å². The summed E-state index contributed by atoms with van der Waals surface area (Å²) < 4.78 is 0.899. The molecule has 0 aliphatic carbocycles. The molecule has 3 aromatic rings. The molecule has 4 rings (SSSR count). The number of nitrogens with zero attached hydrogens (tertiary/aromatic N) is 2. The highest BCUT2D eigenvalue weighted by molar-refractivity contribution is 9.10. The molecule has 1 fully saturated rings. The number of carbonyl (C=O) groups excluding carboxylic acids is 2. The van der Waals surface area contributed by atoms with Gasteiger partial charge < -0.3 is 10.0 Å². The van der Waals surface area contributed by atoms with E-state index in [1.165, 1.54) is 4.90 Å². The van der Waals surface area contributed by atoms with E-state index in [0.717, 1.165) is 26.9 Å². The predicted octanol–water partition coefficient (Wildman–Crippen LogP) is 5.76. The fraction of sp³-hybridized carbons (Fsp3) is 0.185. The third-order valence-electron chi connectivity index (χ3n) is 6.00. The molecule has 6 heteroatoms. The van der Waals surface area contributed by atoms with E-state index in [1.54, 1.807) is 12.1 Å². The van der Waals surface area contributed by atoms with E-state index in [-0.39, 0.29) is 11.3 Å². The Balaban J connectivity index is 1.94. The van der Waals surface area contributed by atoms with E-state index in [1.807, 2.05) is 87.4 Å². The molecular formula is C27H25BrN2O3. The van der Waals surface area contributed by atoms with Crippen molar-refractivity contribution in [3.05, 3.63) is 99.0 Å². The number of rotatable bonds is 4. The summed E-state index contributed by atoms with van der Waals surface area (Å²) in [6.45, 7) is 3.85. The number of aliphatic hydroxyl groups is 1. The van der Waals surface area contributed by atoms with E-state index < -0.39 is 17.7 Å². The van der Waals surface area contributed by atoms with Gasteiger partial charge in [0.1, 0.15) is 5.76 Å². The van der Waals surface area contributed by atoms with Gasteiger partial charge in [-0.25, -0.2) is 0 Å². The molecule has 1 saturated heterocycles. The zero-order chi connectivity index (χ0) is 23.9. The highest BCUT2D eigenvalue weighted by Gasteiger charge is 2.47. The minimum Gasteiger partial charge on any atom is -0.507 e. The molecule has 1 heterocycles. The number of aliphatic hydroxyl groups excluding tert-OH is 1. The Morgan fingerprint density at radius 3 is 2.21 bits per heavy atom. The molecule has 1 aliphatic heterocycles. The summed E-state index contributed by atoms with van der Waals surface area (Å²) in [5.41, 5.74) is 4.80. The SMILES string of the molecule is Cc1cc(/C(O)=C2\C(=O)C(=O)N(c3ccc(N(C)C)cc3)C2c2ccccc2C)ccc1Br. The second-order valence-corrected chi connectivity index (χ2v) is 9.25. The van der Waals surface area contributed by atoms with Crippen LogP contribution in [0.3, 0.4) is 0 Å². The molecule has 33 heavy (non-hydrogen) atoms. The van der Waals surface area contributed by atoms with Gasteiger partial charge >= 0.3 is 0 Å². The molecule has 0 bridgehead atoms. The Kier molecular flexibility index (Phi) is 6.13. The Labute approximate surface area is 202 Å². The van der Waals surface area contributed by atoms with Gasteiger partial charge in [-0.3, -0.25) is 14.5 Å². The van der Waals surface area contributed by atoms with E-state index in [2.05, 4.69) is 15.9 Å². The Hall–Kier alpha value is -3.38. The maximum atomic E-state index is 13.3. The number of hydrogen-bond acceptors (Lipinski definition) is 4. The molecule has 3 aromatic carbocycles. The van der Waals surface area contributed by atoms with Crippen LogP contribution in [0.5, 0.6) is 0 Å². The van der Waals surface area contributed by atoms with Crippen molar-refractivity contribution in [2.75, 3.05) is 23.9 Å². The first kappa shape index (κ1) is 22.8. The number of benzene rings is 3. The van der Waals surface area contributed by atoms with E-state index in [4.69, 9.17) is 0 Å². The van der Waals surface area contributed by atoms with Crippen molar-refractivity contribution < 1.29 is 14.7 Å². The van der Waals surface area contributed by atoms with Crippen LogP contribution in [0, 0.1) is 13.8 Å². The topological polar surface area (TPSA) is 60.9 Å². The van der Waals surface area contributed by atoms with E-state index in [0.29, 0.717) is 11.3 Å². The minimum absolute atomic E-state index is 0.0905. The zero-order valence-electron chi connectivity index (χ0n) is 19.0.